The normalized spacial score (nSPS) is 12.2. The van der Waals surface area contributed by atoms with Crippen molar-refractivity contribution in [2.45, 2.75) is 32.2 Å². The highest BCUT2D eigenvalue weighted by Crippen LogP contribution is 2.03. The largest absolute Gasteiger partial charge is 0.488 e. The van der Waals surface area contributed by atoms with Crippen molar-refractivity contribution in [3.05, 3.63) is 29.8 Å². The van der Waals surface area contributed by atoms with E-state index in [1.165, 1.54) is 0 Å². The number of carboxylic acid groups (broad SMARTS) is 1. The fraction of sp³-hybridized carbons (Fsp3) is 0.462. The maximum atomic E-state index is 11.1. The average Bonchev–Trinajstić information content (AvgIpc) is 2.38. The summed E-state index contributed by atoms with van der Waals surface area (Å²) in [6.07, 6.45) is 2.34. The molecule has 1 rings (SSSR count). The zero-order valence-electron chi connectivity index (χ0n) is 11.0. The van der Waals surface area contributed by atoms with E-state index in [9.17, 15) is 4.79 Å². The van der Waals surface area contributed by atoms with E-state index in [0.29, 0.717) is 18.4 Å². The molecule has 0 aromatic heterocycles. The molecular weight excluding hydrogens is 245 g/mol. The molecule has 0 bridgehead atoms. The highest BCUT2D eigenvalue weighted by atomic mass is 16.4. The zero-order valence-corrected chi connectivity index (χ0v) is 11.0. The SMILES string of the molecule is CCCCN[C@@H](Cc1ccc(B(O)O)cc1)C(=O)O. The Labute approximate surface area is 113 Å². The van der Waals surface area contributed by atoms with Crippen molar-refractivity contribution in [3.8, 4) is 0 Å². The molecule has 0 aliphatic rings. The molecule has 1 atom stereocenters. The number of benzene rings is 1. The second-order valence-electron chi connectivity index (χ2n) is 4.52. The fourth-order valence-corrected chi connectivity index (χ4v) is 1.76. The van der Waals surface area contributed by atoms with Crippen molar-refractivity contribution in [2.75, 3.05) is 6.54 Å². The van der Waals surface area contributed by atoms with E-state index < -0.39 is 19.1 Å². The quantitative estimate of drug-likeness (QED) is 0.384. The molecule has 0 unspecified atom stereocenters. The molecule has 0 spiro atoms. The first-order valence-electron chi connectivity index (χ1n) is 6.45. The Balaban J connectivity index is 2.60. The highest BCUT2D eigenvalue weighted by molar-refractivity contribution is 6.58. The standard InChI is InChI=1S/C13H20BNO4/c1-2-3-8-15-12(13(16)17)9-10-4-6-11(7-5-10)14(18)19/h4-7,12,15,18-19H,2-3,8-9H2,1H3,(H,16,17)/t12-/m0/s1. The lowest BCUT2D eigenvalue weighted by atomic mass is 9.80. The number of carbonyl (C=O) groups is 1. The van der Waals surface area contributed by atoms with Crippen LogP contribution in [0.3, 0.4) is 0 Å². The van der Waals surface area contributed by atoms with Crippen LogP contribution in [0.25, 0.3) is 0 Å². The van der Waals surface area contributed by atoms with Crippen molar-refractivity contribution >= 4 is 18.6 Å². The molecule has 0 aliphatic heterocycles. The molecule has 0 amide bonds. The van der Waals surface area contributed by atoms with Crippen LogP contribution in [-0.2, 0) is 11.2 Å². The van der Waals surface area contributed by atoms with Crippen LogP contribution in [-0.4, -0.2) is 40.8 Å². The van der Waals surface area contributed by atoms with Crippen molar-refractivity contribution in [2.24, 2.45) is 0 Å². The number of nitrogens with one attached hydrogen (secondary N) is 1. The number of carboxylic acids is 1. The maximum Gasteiger partial charge on any atom is 0.488 e. The third-order valence-electron chi connectivity index (χ3n) is 2.94. The molecule has 104 valence electrons. The van der Waals surface area contributed by atoms with Gasteiger partial charge < -0.3 is 20.5 Å². The number of unbranched alkanes of at least 4 members (excludes halogenated alkanes) is 1. The van der Waals surface area contributed by atoms with Gasteiger partial charge in [0.15, 0.2) is 0 Å². The number of rotatable bonds is 8. The Morgan fingerprint density at radius 3 is 2.42 bits per heavy atom. The summed E-state index contributed by atoms with van der Waals surface area (Å²) < 4.78 is 0. The van der Waals surface area contributed by atoms with E-state index in [1.807, 2.05) is 0 Å². The minimum atomic E-state index is -1.49. The zero-order chi connectivity index (χ0) is 14.3. The topological polar surface area (TPSA) is 89.8 Å². The molecule has 0 heterocycles. The first-order chi connectivity index (χ1) is 9.04. The maximum absolute atomic E-state index is 11.1. The van der Waals surface area contributed by atoms with E-state index in [4.69, 9.17) is 15.2 Å². The minimum Gasteiger partial charge on any atom is -0.480 e. The van der Waals surface area contributed by atoms with Gasteiger partial charge in [-0.15, -0.1) is 0 Å². The van der Waals surface area contributed by atoms with Crippen LogP contribution in [0.2, 0.25) is 0 Å². The molecule has 5 nitrogen and oxygen atoms in total. The Morgan fingerprint density at radius 1 is 1.32 bits per heavy atom. The average molecular weight is 265 g/mol. The molecule has 19 heavy (non-hydrogen) atoms. The number of hydrogen-bond donors (Lipinski definition) is 4. The van der Waals surface area contributed by atoms with Crippen LogP contribution in [0.15, 0.2) is 24.3 Å². The van der Waals surface area contributed by atoms with Gasteiger partial charge in [-0.25, -0.2) is 0 Å². The van der Waals surface area contributed by atoms with Gasteiger partial charge in [-0.3, -0.25) is 4.79 Å². The molecule has 6 heteroatoms. The second-order valence-corrected chi connectivity index (χ2v) is 4.52. The Hall–Kier alpha value is -1.37. The lowest BCUT2D eigenvalue weighted by Gasteiger charge is -2.14. The summed E-state index contributed by atoms with van der Waals surface area (Å²) in [6, 6.07) is 5.99. The van der Waals surface area contributed by atoms with Crippen LogP contribution in [0.4, 0.5) is 0 Å². The van der Waals surface area contributed by atoms with Gasteiger partial charge in [0.25, 0.3) is 0 Å². The van der Waals surface area contributed by atoms with Gasteiger partial charge in [0, 0.05) is 0 Å². The predicted molar refractivity (Wildman–Crippen MR) is 74.3 cm³/mol. The van der Waals surface area contributed by atoms with E-state index in [2.05, 4.69) is 12.2 Å². The Kier molecular flexibility index (Phi) is 6.55. The lowest BCUT2D eigenvalue weighted by molar-refractivity contribution is -0.139. The smallest absolute Gasteiger partial charge is 0.480 e. The highest BCUT2D eigenvalue weighted by Gasteiger charge is 2.17. The summed E-state index contributed by atoms with van der Waals surface area (Å²) >= 11 is 0. The first kappa shape index (κ1) is 15.7. The lowest BCUT2D eigenvalue weighted by Crippen LogP contribution is -2.39. The van der Waals surface area contributed by atoms with Gasteiger partial charge in [0.05, 0.1) is 0 Å². The summed E-state index contributed by atoms with van der Waals surface area (Å²) in [7, 11) is -1.49. The third kappa shape index (κ3) is 5.42. The molecule has 0 radical (unpaired) electrons. The van der Waals surface area contributed by atoms with Crippen molar-refractivity contribution < 1.29 is 19.9 Å². The minimum absolute atomic E-state index is 0.376. The summed E-state index contributed by atoms with van der Waals surface area (Å²) in [5.74, 6) is -0.873. The summed E-state index contributed by atoms with van der Waals surface area (Å²) in [5.41, 5.74) is 1.25. The summed E-state index contributed by atoms with van der Waals surface area (Å²) in [4.78, 5) is 11.1. The third-order valence-corrected chi connectivity index (χ3v) is 2.94. The number of aliphatic carboxylic acids is 1. The van der Waals surface area contributed by atoms with Gasteiger partial charge in [-0.05, 0) is 30.4 Å². The molecule has 0 saturated heterocycles. The summed E-state index contributed by atoms with van der Waals surface area (Å²) in [6.45, 7) is 2.73. The Morgan fingerprint density at radius 2 is 1.95 bits per heavy atom. The van der Waals surface area contributed by atoms with Gasteiger partial charge in [0.1, 0.15) is 6.04 Å². The molecule has 1 aromatic carbocycles. The van der Waals surface area contributed by atoms with E-state index >= 15 is 0 Å². The molecule has 0 saturated carbocycles. The van der Waals surface area contributed by atoms with Crippen molar-refractivity contribution in [1.29, 1.82) is 0 Å². The second kappa shape index (κ2) is 7.94. The van der Waals surface area contributed by atoms with Crippen LogP contribution in [0.5, 0.6) is 0 Å². The van der Waals surface area contributed by atoms with E-state index in [1.54, 1.807) is 24.3 Å². The van der Waals surface area contributed by atoms with Crippen molar-refractivity contribution in [1.82, 2.24) is 5.32 Å². The number of hydrogen-bond acceptors (Lipinski definition) is 4. The summed E-state index contributed by atoms with van der Waals surface area (Å²) in [5, 5.41) is 30.1. The van der Waals surface area contributed by atoms with Gasteiger partial charge in [-0.2, -0.15) is 0 Å². The van der Waals surface area contributed by atoms with E-state index in [0.717, 1.165) is 18.4 Å². The van der Waals surface area contributed by atoms with Crippen LogP contribution in [0, 0.1) is 0 Å². The monoisotopic (exact) mass is 265 g/mol. The molecule has 0 fully saturated rings. The molecule has 1 aromatic rings. The van der Waals surface area contributed by atoms with Crippen LogP contribution >= 0.6 is 0 Å². The first-order valence-corrected chi connectivity index (χ1v) is 6.45. The van der Waals surface area contributed by atoms with Crippen LogP contribution in [0.1, 0.15) is 25.3 Å². The predicted octanol–water partition coefficient (Wildman–Crippen LogP) is -0.248. The fourth-order valence-electron chi connectivity index (χ4n) is 1.76. The van der Waals surface area contributed by atoms with Gasteiger partial charge >= 0.3 is 13.1 Å². The Bertz CT molecular complexity index is 394. The van der Waals surface area contributed by atoms with E-state index in [-0.39, 0.29) is 0 Å². The van der Waals surface area contributed by atoms with Crippen LogP contribution < -0.4 is 10.8 Å². The van der Waals surface area contributed by atoms with Gasteiger partial charge in [-0.1, -0.05) is 37.6 Å². The van der Waals surface area contributed by atoms with Gasteiger partial charge in [0.2, 0.25) is 0 Å². The molecule has 0 aliphatic carbocycles. The molecule has 4 N–H and O–H groups in total. The molecular formula is C13H20BNO4. The van der Waals surface area contributed by atoms with Crippen molar-refractivity contribution in [3.63, 3.8) is 0 Å².